The number of aryl methyl sites for hydroxylation is 2. The van der Waals surface area contributed by atoms with Crippen LogP contribution in [0.15, 0.2) is 30.6 Å². The third-order valence-electron chi connectivity index (χ3n) is 3.86. The molecular weight excluding hydrogens is 372 g/mol. The van der Waals surface area contributed by atoms with Crippen molar-refractivity contribution < 1.29 is 24.5 Å². The Morgan fingerprint density at radius 1 is 1.33 bits per heavy atom. The Kier molecular flexibility index (Phi) is 3.59. The molecule has 0 radical (unpaired) electrons. The van der Waals surface area contributed by atoms with Gasteiger partial charge in [-0.05, 0) is 56.3 Å². The number of carbonyl (C=O) groups is 1. The molecule has 1 aromatic heterocycles. The van der Waals surface area contributed by atoms with E-state index in [0.717, 1.165) is 23.8 Å². The van der Waals surface area contributed by atoms with Gasteiger partial charge in [0.25, 0.3) is 5.91 Å². The molecular formula is C20H22ClF2N3O. The molecule has 144 valence electrons. The van der Waals surface area contributed by atoms with Gasteiger partial charge in [-0.3, -0.25) is 4.79 Å². The van der Waals surface area contributed by atoms with Crippen molar-refractivity contribution in [3.63, 3.8) is 0 Å². The Bertz CT molecular complexity index is 1110. The first-order chi connectivity index (χ1) is 15.9. The molecule has 2 aromatic rings. The summed E-state index contributed by atoms with van der Waals surface area (Å²) in [6, 6.07) is 2.40. The molecule has 3 rings (SSSR count). The maximum atomic E-state index is 16.4. The monoisotopic (exact) mass is 401 g/mol. The van der Waals surface area contributed by atoms with Crippen molar-refractivity contribution in [1.82, 2.24) is 14.9 Å². The van der Waals surface area contributed by atoms with Gasteiger partial charge in [0.05, 0.1) is 5.02 Å². The molecule has 1 saturated heterocycles. The Hall–Kier alpha value is -2.08. The van der Waals surface area contributed by atoms with E-state index < -0.39 is 60.1 Å². The second kappa shape index (κ2) is 8.30. The molecule has 2 heterocycles. The minimum atomic E-state index is -3.71. The predicted molar refractivity (Wildman–Crippen MR) is 100 cm³/mol. The third-order valence-corrected chi connectivity index (χ3v) is 4.15. The van der Waals surface area contributed by atoms with Crippen LogP contribution in [-0.4, -0.2) is 39.4 Å². The lowest BCUT2D eigenvalue weighted by Gasteiger charge is -2.36. The van der Waals surface area contributed by atoms with E-state index >= 15 is 4.39 Å². The largest absolute Gasteiger partial charge is 0.338 e. The first kappa shape index (κ1) is 11.7. The van der Waals surface area contributed by atoms with Gasteiger partial charge in [0, 0.05) is 48.3 Å². The zero-order valence-corrected chi connectivity index (χ0v) is 15.1. The molecule has 1 aliphatic heterocycles. The Balaban J connectivity index is 2.02. The van der Waals surface area contributed by atoms with E-state index in [-0.39, 0.29) is 23.6 Å². The number of alkyl halides is 1. The van der Waals surface area contributed by atoms with Gasteiger partial charge in [0.1, 0.15) is 17.3 Å². The normalized spacial score (nSPS) is 28.2. The zero-order valence-electron chi connectivity index (χ0n) is 22.4. The smallest absolute Gasteiger partial charge is 0.253 e. The second-order valence-electron chi connectivity index (χ2n) is 6.07. The van der Waals surface area contributed by atoms with E-state index in [4.69, 9.17) is 22.6 Å². The number of piperidine rings is 1. The number of carbonyl (C=O) groups excluding carboxylic acids is 1. The summed E-state index contributed by atoms with van der Waals surface area (Å²) < 4.78 is 96.2. The van der Waals surface area contributed by atoms with E-state index in [0.29, 0.717) is 0 Å². The lowest BCUT2D eigenvalue weighted by Crippen LogP contribution is -2.44. The SMILES string of the molecule is [2H]C1([2H])N(C(=O)c2ccc(F)c(Cl)c2)C([2H])([2H])C([2H])([2H])C(F)(CCCc2ncc(C)cn2)C1([2H])[2H]. The van der Waals surface area contributed by atoms with Crippen molar-refractivity contribution in [2.24, 2.45) is 0 Å². The maximum absolute atomic E-state index is 16.4. The van der Waals surface area contributed by atoms with Crippen LogP contribution in [0.4, 0.5) is 8.78 Å². The van der Waals surface area contributed by atoms with Crippen LogP contribution in [0.2, 0.25) is 5.02 Å². The van der Waals surface area contributed by atoms with Gasteiger partial charge >= 0.3 is 0 Å². The molecule has 27 heavy (non-hydrogen) atoms. The van der Waals surface area contributed by atoms with Crippen LogP contribution in [0.5, 0.6) is 0 Å². The molecule has 0 spiro atoms. The summed E-state index contributed by atoms with van der Waals surface area (Å²) in [4.78, 5) is 20.9. The minimum absolute atomic E-state index is 0.000827. The Morgan fingerprint density at radius 2 is 2.00 bits per heavy atom. The number of benzene rings is 1. The van der Waals surface area contributed by atoms with Crippen LogP contribution < -0.4 is 0 Å². The molecule has 7 heteroatoms. The lowest BCUT2D eigenvalue weighted by atomic mass is 9.88. The van der Waals surface area contributed by atoms with Gasteiger partial charge in [-0.25, -0.2) is 18.7 Å². The number of rotatable bonds is 5. The molecule has 0 unspecified atom stereocenters. The van der Waals surface area contributed by atoms with E-state index in [9.17, 15) is 9.18 Å². The first-order valence-corrected chi connectivity index (χ1v) is 8.56. The number of likely N-dealkylation sites (tertiary alicyclic amines) is 1. The number of amides is 1. The fraction of sp³-hybridized carbons (Fsp3) is 0.450. The molecule has 0 N–H and O–H groups in total. The van der Waals surface area contributed by atoms with Crippen LogP contribution in [0.1, 0.15) is 58.3 Å². The van der Waals surface area contributed by atoms with Gasteiger partial charge in [-0.2, -0.15) is 0 Å². The second-order valence-corrected chi connectivity index (χ2v) is 6.48. The van der Waals surface area contributed by atoms with Crippen molar-refractivity contribution >= 4 is 17.5 Å². The number of hydrogen-bond acceptors (Lipinski definition) is 3. The Labute approximate surface area is 173 Å². The van der Waals surface area contributed by atoms with Crippen LogP contribution in [0.3, 0.4) is 0 Å². The summed E-state index contributed by atoms with van der Waals surface area (Å²) >= 11 is 5.66. The summed E-state index contributed by atoms with van der Waals surface area (Å²) in [6.45, 7) is -5.56. The van der Waals surface area contributed by atoms with Crippen LogP contribution >= 0.6 is 11.6 Å². The van der Waals surface area contributed by atoms with E-state index in [1.807, 2.05) is 0 Å². The van der Waals surface area contributed by atoms with Crippen molar-refractivity contribution in [2.45, 2.75) is 44.6 Å². The zero-order chi connectivity index (χ0) is 26.6. The van der Waals surface area contributed by atoms with Crippen LogP contribution in [-0.2, 0) is 6.42 Å². The molecule has 1 amide bonds. The fourth-order valence-electron chi connectivity index (χ4n) is 2.37. The van der Waals surface area contributed by atoms with Crippen molar-refractivity contribution in [2.75, 3.05) is 13.0 Å². The third kappa shape index (κ3) is 5.01. The molecule has 0 atom stereocenters. The predicted octanol–water partition coefficient (Wildman–Crippen LogP) is 4.54. The number of nitrogens with zero attached hydrogens (tertiary/aromatic N) is 3. The van der Waals surface area contributed by atoms with Gasteiger partial charge < -0.3 is 4.90 Å². The summed E-state index contributed by atoms with van der Waals surface area (Å²) in [7, 11) is 0. The molecule has 1 fully saturated rings. The number of halogens is 3. The maximum Gasteiger partial charge on any atom is 0.253 e. The molecule has 0 aliphatic carbocycles. The van der Waals surface area contributed by atoms with Gasteiger partial charge in [0.15, 0.2) is 0 Å². The average molecular weight is 402 g/mol. The van der Waals surface area contributed by atoms with Gasteiger partial charge in [-0.1, -0.05) is 11.6 Å². The van der Waals surface area contributed by atoms with E-state index in [1.165, 1.54) is 12.4 Å². The minimum Gasteiger partial charge on any atom is -0.338 e. The quantitative estimate of drug-likeness (QED) is 0.738. The first-order valence-electron chi connectivity index (χ1n) is 12.2. The molecule has 0 saturated carbocycles. The summed E-state index contributed by atoms with van der Waals surface area (Å²) in [5.74, 6) is -2.17. The number of aromatic nitrogens is 2. The topological polar surface area (TPSA) is 46.1 Å². The van der Waals surface area contributed by atoms with E-state index in [2.05, 4.69) is 9.97 Å². The van der Waals surface area contributed by atoms with Crippen LogP contribution in [0.25, 0.3) is 0 Å². The Morgan fingerprint density at radius 3 is 2.63 bits per heavy atom. The van der Waals surface area contributed by atoms with Crippen molar-refractivity contribution in [3.05, 3.63) is 58.4 Å². The number of hydrogen-bond donors (Lipinski definition) is 0. The summed E-state index contributed by atoms with van der Waals surface area (Å²) in [6.07, 6.45) is -5.55. The molecule has 1 aromatic carbocycles. The highest BCUT2D eigenvalue weighted by Crippen LogP contribution is 2.32. The fourth-order valence-corrected chi connectivity index (χ4v) is 2.55. The van der Waals surface area contributed by atoms with E-state index in [1.54, 1.807) is 6.92 Å². The molecule has 0 bridgehead atoms. The summed E-state index contributed by atoms with van der Waals surface area (Å²) in [5.41, 5.74) is -3.46. The van der Waals surface area contributed by atoms with Gasteiger partial charge in [0.2, 0.25) is 0 Å². The van der Waals surface area contributed by atoms with Crippen LogP contribution in [0, 0.1) is 12.7 Å². The highest BCUT2D eigenvalue weighted by Gasteiger charge is 2.35. The lowest BCUT2D eigenvalue weighted by molar-refractivity contribution is 0.0389. The highest BCUT2D eigenvalue weighted by molar-refractivity contribution is 6.31. The molecule has 1 aliphatic rings. The standard InChI is InChI=1S/C20H22ClF2N3O/c1-14-12-24-18(25-13-14)3-2-6-20(23)7-9-26(10-8-20)19(27)15-4-5-17(22)16(21)11-15/h4-5,11-13H,2-3,6-10H2,1H3/i7D2,8D2,9D2,10D2. The summed E-state index contributed by atoms with van der Waals surface area (Å²) in [5, 5.41) is -0.543. The average Bonchev–Trinajstić information content (AvgIpc) is 2.75. The molecule has 4 nitrogen and oxygen atoms in total. The van der Waals surface area contributed by atoms with Crippen molar-refractivity contribution in [1.29, 1.82) is 0 Å². The van der Waals surface area contributed by atoms with Gasteiger partial charge in [-0.15, -0.1) is 0 Å². The highest BCUT2D eigenvalue weighted by atomic mass is 35.5. The van der Waals surface area contributed by atoms with Crippen molar-refractivity contribution in [3.8, 4) is 0 Å².